The zero-order valence-electron chi connectivity index (χ0n) is 11.5. The number of hydrogen-bond donors (Lipinski definition) is 3. The number of nitrogens with two attached hydrogens (primary N) is 2. The molecule has 20 heavy (non-hydrogen) atoms. The highest BCUT2D eigenvalue weighted by Gasteiger charge is 2.37. The molecule has 2 heterocycles. The second-order valence-electron chi connectivity index (χ2n) is 4.94. The van der Waals surface area contributed by atoms with Crippen molar-refractivity contribution in [2.24, 2.45) is 23.5 Å². The van der Waals surface area contributed by atoms with E-state index in [-0.39, 0.29) is 11.0 Å². The van der Waals surface area contributed by atoms with E-state index < -0.39 is 20.8 Å². The Kier molecular flexibility index (Phi) is 3.34. The van der Waals surface area contributed by atoms with Crippen molar-refractivity contribution >= 4 is 15.8 Å². The number of hydrogen-bond acceptors (Lipinski definition) is 7. The molecule has 1 unspecified atom stereocenters. The highest BCUT2D eigenvalue weighted by Crippen LogP contribution is 2.27. The number of aromatic nitrogens is 2. The molecule has 110 valence electrons. The fourth-order valence-corrected chi connectivity index (χ4v) is 3.08. The third-order valence-corrected chi connectivity index (χ3v) is 5.10. The first-order valence-electron chi connectivity index (χ1n) is 6.03. The van der Waals surface area contributed by atoms with E-state index in [0.29, 0.717) is 5.56 Å². The van der Waals surface area contributed by atoms with Crippen molar-refractivity contribution in [1.82, 2.24) is 15.1 Å². The van der Waals surface area contributed by atoms with Crippen LogP contribution < -0.4 is 16.8 Å². The molecule has 1 aromatic rings. The van der Waals surface area contributed by atoms with Crippen molar-refractivity contribution in [2.75, 3.05) is 0 Å². The van der Waals surface area contributed by atoms with Gasteiger partial charge in [0.1, 0.15) is 5.66 Å². The molecule has 9 heteroatoms. The number of sulfone groups is 1. The van der Waals surface area contributed by atoms with Crippen LogP contribution in [0.1, 0.15) is 19.4 Å². The van der Waals surface area contributed by atoms with Gasteiger partial charge in [0.05, 0.1) is 10.8 Å². The molecule has 2 rings (SSSR count). The summed E-state index contributed by atoms with van der Waals surface area (Å²) < 4.78 is 26.2. The third-order valence-electron chi connectivity index (χ3n) is 3.02. The summed E-state index contributed by atoms with van der Waals surface area (Å²) in [4.78, 5) is 3.83. The number of rotatable bonds is 3. The van der Waals surface area contributed by atoms with Gasteiger partial charge in [-0.05, 0) is 19.9 Å². The van der Waals surface area contributed by atoms with E-state index >= 15 is 0 Å². The average Bonchev–Trinajstić information content (AvgIpc) is 2.72. The monoisotopic (exact) mass is 298 g/mol. The predicted molar refractivity (Wildman–Crippen MR) is 75.3 cm³/mol. The molecule has 1 aromatic heterocycles. The topological polar surface area (TPSA) is 128 Å². The van der Waals surface area contributed by atoms with E-state index in [4.69, 9.17) is 11.5 Å². The second kappa shape index (κ2) is 4.60. The minimum absolute atomic E-state index is 0.0515. The molecule has 0 aromatic carbocycles. The van der Waals surface area contributed by atoms with Gasteiger partial charge in [0.15, 0.2) is 20.8 Å². The van der Waals surface area contributed by atoms with Crippen molar-refractivity contribution in [1.29, 1.82) is 0 Å². The van der Waals surface area contributed by atoms with Gasteiger partial charge in [-0.3, -0.25) is 4.68 Å². The Balaban J connectivity index is 2.60. The largest absolute Gasteiger partial charge is 0.370 e. The Bertz CT molecular complexity index is 688. The second-order valence-corrected chi connectivity index (χ2v) is 7.36. The Hall–Kier alpha value is -1.87. The van der Waals surface area contributed by atoms with Crippen LogP contribution in [-0.2, 0) is 22.5 Å². The van der Waals surface area contributed by atoms with Gasteiger partial charge in [-0.2, -0.15) is 5.10 Å². The molecule has 0 aliphatic carbocycles. The van der Waals surface area contributed by atoms with Gasteiger partial charge in [0, 0.05) is 19.4 Å². The van der Waals surface area contributed by atoms with Crippen LogP contribution in [-0.4, -0.2) is 29.4 Å². The van der Waals surface area contributed by atoms with Gasteiger partial charge in [-0.25, -0.2) is 13.4 Å². The van der Waals surface area contributed by atoms with Crippen LogP contribution in [0, 0.1) is 0 Å². The smallest absolute Gasteiger partial charge is 0.200 e. The average molecular weight is 298 g/mol. The highest BCUT2D eigenvalue weighted by molar-refractivity contribution is 7.92. The van der Waals surface area contributed by atoms with Crippen LogP contribution in [0.25, 0.3) is 0 Å². The zero-order valence-corrected chi connectivity index (χ0v) is 12.3. The van der Waals surface area contributed by atoms with Crippen LogP contribution in [0.2, 0.25) is 0 Å². The van der Waals surface area contributed by atoms with Crippen molar-refractivity contribution in [2.45, 2.75) is 29.8 Å². The lowest BCUT2D eigenvalue weighted by atomic mass is 10.0. The maximum Gasteiger partial charge on any atom is 0.200 e. The van der Waals surface area contributed by atoms with Crippen molar-refractivity contribution in [3.63, 3.8) is 0 Å². The van der Waals surface area contributed by atoms with E-state index in [1.165, 1.54) is 10.9 Å². The van der Waals surface area contributed by atoms with Gasteiger partial charge in [-0.1, -0.05) is 0 Å². The van der Waals surface area contributed by atoms with Crippen LogP contribution in [0.4, 0.5) is 0 Å². The first-order chi connectivity index (χ1) is 9.17. The van der Waals surface area contributed by atoms with Crippen LogP contribution in [0.3, 0.4) is 0 Å². The number of nitrogens with zero attached hydrogens (tertiary/aromatic N) is 3. The molecule has 0 fully saturated rings. The lowest BCUT2D eigenvalue weighted by molar-refractivity contribution is 0.495. The van der Waals surface area contributed by atoms with E-state index in [1.807, 2.05) is 0 Å². The molecular formula is C11H18N6O2S. The van der Waals surface area contributed by atoms with E-state index in [9.17, 15) is 8.42 Å². The normalized spacial score (nSPS) is 22.8. The standard InChI is InChI=1S/C11H18N6O2S/c1-7(2)20(18,19)9-8(6-17(3)16-9)11(13)4-5-14-10(12)15-11/h4-7H,13H2,1-3H3,(H3,12,14,15). The number of aryl methyl sites for hydroxylation is 1. The van der Waals surface area contributed by atoms with Gasteiger partial charge in [0.2, 0.25) is 0 Å². The summed E-state index contributed by atoms with van der Waals surface area (Å²) in [5.74, 6) is 0.117. The Morgan fingerprint density at radius 1 is 1.45 bits per heavy atom. The van der Waals surface area contributed by atoms with Crippen LogP contribution in [0.15, 0.2) is 28.5 Å². The van der Waals surface area contributed by atoms with Crippen molar-refractivity contribution in [3.05, 3.63) is 24.0 Å². The molecule has 8 nitrogen and oxygen atoms in total. The molecule has 1 atom stereocenters. The molecule has 0 bridgehead atoms. The molecule has 0 amide bonds. The van der Waals surface area contributed by atoms with Crippen molar-refractivity contribution < 1.29 is 8.42 Å². The first kappa shape index (κ1) is 14.5. The molecule has 0 spiro atoms. The molecule has 1 aliphatic heterocycles. The van der Waals surface area contributed by atoms with Gasteiger partial charge in [-0.15, -0.1) is 0 Å². The van der Waals surface area contributed by atoms with Gasteiger partial charge in [0.25, 0.3) is 0 Å². The molecular weight excluding hydrogens is 280 g/mol. The fraction of sp³-hybridized carbons (Fsp3) is 0.455. The van der Waals surface area contributed by atoms with E-state index in [2.05, 4.69) is 15.4 Å². The summed E-state index contributed by atoms with van der Waals surface area (Å²) in [5.41, 5.74) is 10.9. The van der Waals surface area contributed by atoms with Crippen molar-refractivity contribution in [3.8, 4) is 0 Å². The lowest BCUT2D eigenvalue weighted by Gasteiger charge is -2.29. The SMILES string of the molecule is CC(C)S(=O)(=O)c1nn(C)cc1C1(N)C=CN=C(N)N1. The fourth-order valence-electron chi connectivity index (χ4n) is 1.86. The maximum absolute atomic E-state index is 12.4. The molecule has 5 N–H and O–H groups in total. The Morgan fingerprint density at radius 2 is 2.10 bits per heavy atom. The zero-order chi connectivity index (χ0) is 15.1. The molecule has 0 radical (unpaired) electrons. The Labute approximate surface area is 117 Å². The quantitative estimate of drug-likeness (QED) is 0.666. The summed E-state index contributed by atoms with van der Waals surface area (Å²) in [7, 11) is -1.92. The van der Waals surface area contributed by atoms with E-state index in [1.54, 1.807) is 33.2 Å². The number of nitrogens with one attached hydrogen (secondary N) is 1. The maximum atomic E-state index is 12.4. The lowest BCUT2D eigenvalue weighted by Crippen LogP contribution is -2.55. The predicted octanol–water partition coefficient (Wildman–Crippen LogP) is -0.855. The summed E-state index contributed by atoms with van der Waals surface area (Å²) in [5, 5.41) is 6.17. The summed E-state index contributed by atoms with van der Waals surface area (Å²) in [6.45, 7) is 3.19. The molecule has 1 aliphatic rings. The minimum Gasteiger partial charge on any atom is -0.370 e. The summed E-state index contributed by atoms with van der Waals surface area (Å²) >= 11 is 0. The number of guanidine groups is 1. The first-order valence-corrected chi connectivity index (χ1v) is 7.57. The van der Waals surface area contributed by atoms with Gasteiger partial charge < -0.3 is 16.8 Å². The Morgan fingerprint density at radius 3 is 2.65 bits per heavy atom. The highest BCUT2D eigenvalue weighted by atomic mass is 32.2. The molecule has 0 saturated carbocycles. The van der Waals surface area contributed by atoms with Crippen LogP contribution in [0.5, 0.6) is 0 Å². The number of aliphatic imine (C=N–C) groups is 1. The summed E-state index contributed by atoms with van der Waals surface area (Å²) in [6, 6.07) is 0. The molecule has 0 saturated heterocycles. The van der Waals surface area contributed by atoms with Crippen LogP contribution >= 0.6 is 0 Å². The van der Waals surface area contributed by atoms with E-state index in [0.717, 1.165) is 0 Å². The van der Waals surface area contributed by atoms with Gasteiger partial charge >= 0.3 is 0 Å². The summed E-state index contributed by atoms with van der Waals surface area (Å²) in [6.07, 6.45) is 4.54. The minimum atomic E-state index is -3.56. The third kappa shape index (κ3) is 2.29.